The Kier molecular flexibility index (Phi) is 5.46. The van der Waals surface area contributed by atoms with Crippen molar-refractivity contribution in [2.45, 2.75) is 51.7 Å². The minimum absolute atomic E-state index is 0.199. The lowest BCUT2D eigenvalue weighted by Gasteiger charge is -2.32. The van der Waals surface area contributed by atoms with Crippen molar-refractivity contribution >= 4 is 22.8 Å². The molecule has 3 aromatic rings. The van der Waals surface area contributed by atoms with Crippen LogP contribution >= 0.6 is 0 Å². The van der Waals surface area contributed by atoms with Crippen LogP contribution < -0.4 is 5.32 Å². The summed E-state index contributed by atoms with van der Waals surface area (Å²) in [5, 5.41) is 46.5. The summed E-state index contributed by atoms with van der Waals surface area (Å²) in [4.78, 5) is 17.3. The SMILES string of the molecule is CC(C)(O)CCn1nc(NC(=O)C2(C#N)CCC2)c2cc(-c3cc(O)c(O)c(F)c3)cnc21. The number of hydrogen-bond acceptors (Lipinski definition) is 7. The number of amides is 1. The van der Waals surface area contributed by atoms with Crippen LogP contribution in [0.4, 0.5) is 10.2 Å². The highest BCUT2D eigenvalue weighted by Gasteiger charge is 2.45. The van der Waals surface area contributed by atoms with Gasteiger partial charge in [-0.3, -0.25) is 4.79 Å². The zero-order valence-corrected chi connectivity index (χ0v) is 18.3. The lowest BCUT2D eigenvalue weighted by atomic mass is 9.69. The van der Waals surface area contributed by atoms with E-state index in [2.05, 4.69) is 21.5 Å². The van der Waals surface area contributed by atoms with Gasteiger partial charge in [0.05, 0.1) is 17.1 Å². The molecule has 10 heteroatoms. The summed E-state index contributed by atoms with van der Waals surface area (Å²) >= 11 is 0. The van der Waals surface area contributed by atoms with Crippen LogP contribution in [0.15, 0.2) is 24.4 Å². The second-order valence-electron chi connectivity index (χ2n) is 9.06. The summed E-state index contributed by atoms with van der Waals surface area (Å²) in [5.41, 5.74) is -0.903. The van der Waals surface area contributed by atoms with Crippen LogP contribution in [0.2, 0.25) is 0 Å². The van der Waals surface area contributed by atoms with Crippen LogP contribution in [0, 0.1) is 22.6 Å². The molecule has 0 unspecified atom stereocenters. The van der Waals surface area contributed by atoms with Crippen molar-refractivity contribution in [3.8, 4) is 28.7 Å². The fraction of sp³-hybridized carbons (Fsp3) is 0.391. The third kappa shape index (κ3) is 4.19. The van der Waals surface area contributed by atoms with E-state index in [1.807, 2.05) is 0 Å². The zero-order valence-electron chi connectivity index (χ0n) is 18.3. The number of anilines is 1. The minimum Gasteiger partial charge on any atom is -0.504 e. The first-order valence-electron chi connectivity index (χ1n) is 10.6. The number of benzene rings is 1. The van der Waals surface area contributed by atoms with Gasteiger partial charge in [0.1, 0.15) is 5.41 Å². The number of nitrogens with zero attached hydrogens (tertiary/aromatic N) is 4. The lowest BCUT2D eigenvalue weighted by Crippen LogP contribution is -2.40. The maximum Gasteiger partial charge on any atom is 0.246 e. The second kappa shape index (κ2) is 8.01. The topological polar surface area (TPSA) is 144 Å². The Hall–Kier alpha value is -3.71. The molecule has 0 saturated heterocycles. The maximum absolute atomic E-state index is 14.0. The Morgan fingerprint density at radius 3 is 2.61 bits per heavy atom. The summed E-state index contributed by atoms with van der Waals surface area (Å²) in [6.45, 7) is 3.66. The summed E-state index contributed by atoms with van der Waals surface area (Å²) in [5.74, 6) is -2.68. The molecule has 0 atom stereocenters. The number of aryl methyl sites for hydroxylation is 1. The van der Waals surface area contributed by atoms with E-state index < -0.39 is 34.2 Å². The number of nitriles is 1. The van der Waals surface area contributed by atoms with Crippen molar-refractivity contribution in [3.63, 3.8) is 0 Å². The monoisotopic (exact) mass is 453 g/mol. The van der Waals surface area contributed by atoms with Crippen molar-refractivity contribution in [2.75, 3.05) is 5.32 Å². The first-order chi connectivity index (χ1) is 15.5. The van der Waals surface area contributed by atoms with Gasteiger partial charge >= 0.3 is 0 Å². The average molecular weight is 453 g/mol. The molecule has 0 spiro atoms. The molecule has 0 bridgehead atoms. The first kappa shape index (κ1) is 22.5. The van der Waals surface area contributed by atoms with E-state index in [9.17, 15) is 29.8 Å². The molecule has 1 saturated carbocycles. The Labute approximate surface area is 189 Å². The van der Waals surface area contributed by atoms with E-state index >= 15 is 0 Å². The van der Waals surface area contributed by atoms with Gasteiger partial charge in [-0.05, 0) is 63.3 Å². The van der Waals surface area contributed by atoms with E-state index in [1.165, 1.54) is 12.3 Å². The number of hydrogen-bond donors (Lipinski definition) is 4. The maximum atomic E-state index is 14.0. The molecule has 0 aliphatic heterocycles. The molecule has 1 fully saturated rings. The molecule has 1 aliphatic carbocycles. The fourth-order valence-electron chi connectivity index (χ4n) is 3.74. The molecule has 0 radical (unpaired) electrons. The van der Waals surface area contributed by atoms with E-state index in [0.717, 1.165) is 12.5 Å². The van der Waals surface area contributed by atoms with Gasteiger partial charge in [-0.25, -0.2) is 14.1 Å². The summed E-state index contributed by atoms with van der Waals surface area (Å²) in [6, 6.07) is 6.01. The third-order valence-electron chi connectivity index (χ3n) is 5.99. The van der Waals surface area contributed by atoms with Gasteiger partial charge < -0.3 is 20.6 Å². The summed E-state index contributed by atoms with van der Waals surface area (Å²) in [6.07, 6.45) is 3.58. The van der Waals surface area contributed by atoms with E-state index in [0.29, 0.717) is 42.4 Å². The van der Waals surface area contributed by atoms with Crippen LogP contribution in [0.5, 0.6) is 11.5 Å². The molecule has 2 heterocycles. The van der Waals surface area contributed by atoms with Crippen molar-refractivity contribution in [1.82, 2.24) is 14.8 Å². The predicted octanol–water partition coefficient (Wildman–Crippen LogP) is 3.44. The highest BCUT2D eigenvalue weighted by Crippen LogP contribution is 2.42. The number of phenolic OH excluding ortho intramolecular Hbond substituents is 2. The Morgan fingerprint density at radius 1 is 1.30 bits per heavy atom. The molecule has 9 nitrogen and oxygen atoms in total. The number of aromatic nitrogens is 3. The molecule has 1 aromatic carbocycles. The molecule has 33 heavy (non-hydrogen) atoms. The van der Waals surface area contributed by atoms with E-state index in [4.69, 9.17) is 0 Å². The van der Waals surface area contributed by atoms with Crippen molar-refractivity contribution in [2.24, 2.45) is 5.41 Å². The lowest BCUT2D eigenvalue weighted by molar-refractivity contribution is -0.126. The fourth-order valence-corrected chi connectivity index (χ4v) is 3.74. The number of nitrogens with one attached hydrogen (secondary N) is 1. The first-order valence-corrected chi connectivity index (χ1v) is 10.6. The van der Waals surface area contributed by atoms with Gasteiger partial charge in [-0.15, -0.1) is 0 Å². The van der Waals surface area contributed by atoms with Crippen LogP contribution in [-0.4, -0.2) is 41.6 Å². The molecular formula is C23H24FN5O4. The van der Waals surface area contributed by atoms with Gasteiger partial charge in [-0.1, -0.05) is 0 Å². The van der Waals surface area contributed by atoms with Gasteiger partial charge in [0.25, 0.3) is 0 Å². The number of halogens is 1. The number of carbonyl (C=O) groups is 1. The number of phenols is 2. The van der Waals surface area contributed by atoms with Crippen LogP contribution in [0.3, 0.4) is 0 Å². The largest absolute Gasteiger partial charge is 0.504 e. The number of carbonyl (C=O) groups excluding carboxylic acids is 1. The molecule has 2 aromatic heterocycles. The van der Waals surface area contributed by atoms with Crippen molar-refractivity contribution in [1.29, 1.82) is 5.26 Å². The van der Waals surface area contributed by atoms with E-state index in [1.54, 1.807) is 24.6 Å². The molecule has 4 N–H and O–H groups in total. The summed E-state index contributed by atoms with van der Waals surface area (Å²) in [7, 11) is 0. The molecule has 4 rings (SSSR count). The number of aliphatic hydroxyl groups is 1. The van der Waals surface area contributed by atoms with Gasteiger partial charge in [-0.2, -0.15) is 10.4 Å². The molecular weight excluding hydrogens is 429 g/mol. The van der Waals surface area contributed by atoms with Crippen LogP contribution in [0.25, 0.3) is 22.2 Å². The number of pyridine rings is 1. The quantitative estimate of drug-likeness (QED) is 0.418. The number of fused-ring (bicyclic) bond motifs is 1. The Morgan fingerprint density at radius 2 is 2.03 bits per heavy atom. The average Bonchev–Trinajstić information content (AvgIpc) is 3.06. The van der Waals surface area contributed by atoms with Crippen LogP contribution in [0.1, 0.15) is 39.5 Å². The minimum atomic E-state index is -1.08. The molecule has 1 amide bonds. The normalized spacial score (nSPS) is 15.1. The predicted molar refractivity (Wildman–Crippen MR) is 118 cm³/mol. The smallest absolute Gasteiger partial charge is 0.246 e. The summed E-state index contributed by atoms with van der Waals surface area (Å²) < 4.78 is 15.5. The van der Waals surface area contributed by atoms with Gasteiger partial charge in [0.2, 0.25) is 5.91 Å². The van der Waals surface area contributed by atoms with Gasteiger partial charge in [0.15, 0.2) is 28.8 Å². The number of rotatable bonds is 6. The Bertz CT molecular complexity index is 1260. The zero-order chi connectivity index (χ0) is 24.0. The number of aromatic hydroxyl groups is 2. The highest BCUT2D eigenvalue weighted by molar-refractivity contribution is 6.03. The third-order valence-corrected chi connectivity index (χ3v) is 5.99. The standard InChI is InChI=1S/C23H24FN5O4/c1-22(2,33)6-7-29-20-15(19(28-29)27-21(32)23(12-25)4-3-5-23)8-14(11-26-20)13-9-16(24)18(31)17(30)10-13/h8-11,30-31,33H,3-7H2,1-2H3,(H,27,28,32). The van der Waals surface area contributed by atoms with E-state index in [-0.39, 0.29) is 11.4 Å². The molecule has 172 valence electrons. The Balaban J connectivity index is 1.78. The molecule has 1 aliphatic rings. The highest BCUT2D eigenvalue weighted by atomic mass is 19.1. The van der Waals surface area contributed by atoms with Gasteiger partial charge in [0, 0.05) is 18.3 Å². The van der Waals surface area contributed by atoms with Crippen molar-refractivity contribution in [3.05, 3.63) is 30.2 Å². The van der Waals surface area contributed by atoms with Crippen molar-refractivity contribution < 1.29 is 24.5 Å². The second-order valence-corrected chi connectivity index (χ2v) is 9.06. The van der Waals surface area contributed by atoms with Crippen LogP contribution in [-0.2, 0) is 11.3 Å².